The molecule has 0 spiro atoms. The number of fused-ring (bicyclic) bond motifs is 2. The van der Waals surface area contributed by atoms with Gasteiger partial charge in [0.1, 0.15) is 11.4 Å². The van der Waals surface area contributed by atoms with Crippen LogP contribution >= 0.6 is 0 Å². The van der Waals surface area contributed by atoms with Gasteiger partial charge in [-0.15, -0.1) is 0 Å². The van der Waals surface area contributed by atoms with Crippen LogP contribution in [0, 0.1) is 6.92 Å². The van der Waals surface area contributed by atoms with Gasteiger partial charge >= 0.3 is 0 Å². The van der Waals surface area contributed by atoms with Gasteiger partial charge in [0.05, 0.1) is 34.9 Å². The summed E-state index contributed by atoms with van der Waals surface area (Å²) < 4.78 is 13.0. The summed E-state index contributed by atoms with van der Waals surface area (Å²) in [4.78, 5) is 32.8. The molecule has 8 heteroatoms. The van der Waals surface area contributed by atoms with Crippen molar-refractivity contribution < 1.29 is 13.9 Å². The molecule has 2 aromatic heterocycles. The summed E-state index contributed by atoms with van der Waals surface area (Å²) in [6.45, 7) is 4.59. The molecule has 3 heterocycles. The molecule has 34 heavy (non-hydrogen) atoms. The molecule has 176 valence electrons. The molecule has 0 saturated carbocycles. The van der Waals surface area contributed by atoms with Crippen LogP contribution in [-0.2, 0) is 11.3 Å². The molecule has 8 nitrogen and oxygen atoms in total. The van der Waals surface area contributed by atoms with Gasteiger partial charge in [0.2, 0.25) is 0 Å². The molecule has 1 saturated heterocycles. The van der Waals surface area contributed by atoms with Crippen molar-refractivity contribution in [2.24, 2.45) is 0 Å². The Bertz CT molecular complexity index is 1390. The molecule has 1 amide bonds. The molecule has 1 N–H and O–H groups in total. The number of methoxy groups -OCH3 is 1. The van der Waals surface area contributed by atoms with Gasteiger partial charge in [-0.2, -0.15) is 0 Å². The second kappa shape index (κ2) is 9.40. The third kappa shape index (κ3) is 4.22. The van der Waals surface area contributed by atoms with Crippen molar-refractivity contribution in [1.82, 2.24) is 19.8 Å². The zero-order chi connectivity index (χ0) is 23.7. The fourth-order valence-electron chi connectivity index (χ4n) is 4.79. The van der Waals surface area contributed by atoms with E-state index in [1.807, 2.05) is 49.4 Å². The van der Waals surface area contributed by atoms with Crippen LogP contribution in [-0.4, -0.2) is 59.2 Å². The third-order valence-electron chi connectivity index (χ3n) is 6.68. The molecule has 0 radical (unpaired) electrons. The van der Waals surface area contributed by atoms with Crippen LogP contribution in [0.1, 0.15) is 22.6 Å². The summed E-state index contributed by atoms with van der Waals surface area (Å²) in [5.74, 6) is 0.548. The van der Waals surface area contributed by atoms with E-state index in [2.05, 4.69) is 15.2 Å². The number of aromatic nitrogens is 2. The van der Waals surface area contributed by atoms with E-state index in [1.54, 1.807) is 24.0 Å². The summed E-state index contributed by atoms with van der Waals surface area (Å²) in [5.41, 5.74) is 1.83. The lowest BCUT2D eigenvalue weighted by molar-refractivity contribution is 0.00543. The lowest BCUT2D eigenvalue weighted by atomic mass is 10.0. The van der Waals surface area contributed by atoms with E-state index in [-0.39, 0.29) is 23.6 Å². The van der Waals surface area contributed by atoms with Gasteiger partial charge in [0, 0.05) is 38.7 Å². The number of likely N-dealkylation sites (tertiary alicyclic amines) is 1. The average Bonchev–Trinajstić information content (AvgIpc) is 3.33. The van der Waals surface area contributed by atoms with Crippen molar-refractivity contribution in [3.05, 3.63) is 76.5 Å². The van der Waals surface area contributed by atoms with Gasteiger partial charge < -0.3 is 14.5 Å². The van der Waals surface area contributed by atoms with Crippen LogP contribution in [0.5, 0.6) is 0 Å². The number of piperidine rings is 1. The minimum atomic E-state index is -0.162. The van der Waals surface area contributed by atoms with E-state index in [0.717, 1.165) is 23.9 Å². The first kappa shape index (κ1) is 22.3. The molecule has 2 unspecified atom stereocenters. The average molecular weight is 461 g/mol. The van der Waals surface area contributed by atoms with Gasteiger partial charge in [-0.3, -0.25) is 19.1 Å². The van der Waals surface area contributed by atoms with Gasteiger partial charge in [0.25, 0.3) is 11.5 Å². The Kier molecular flexibility index (Phi) is 6.17. The number of rotatable bonds is 6. The van der Waals surface area contributed by atoms with E-state index in [4.69, 9.17) is 9.15 Å². The molecule has 0 bridgehead atoms. The largest absolute Gasteiger partial charge is 0.464 e. The Balaban J connectivity index is 1.24. The minimum Gasteiger partial charge on any atom is -0.464 e. The number of amides is 1. The van der Waals surface area contributed by atoms with Crippen LogP contribution in [0.4, 0.5) is 0 Å². The number of carbonyl (C=O) groups is 1. The van der Waals surface area contributed by atoms with Crippen molar-refractivity contribution in [2.45, 2.75) is 32.0 Å². The summed E-state index contributed by atoms with van der Waals surface area (Å²) in [7, 11) is 1.67. The lowest BCUT2D eigenvalue weighted by Crippen LogP contribution is -2.55. The van der Waals surface area contributed by atoms with Crippen molar-refractivity contribution in [1.29, 1.82) is 0 Å². The fourth-order valence-corrected chi connectivity index (χ4v) is 4.79. The van der Waals surface area contributed by atoms with Crippen LogP contribution < -0.4 is 10.9 Å². The van der Waals surface area contributed by atoms with Crippen molar-refractivity contribution in [3.8, 4) is 0 Å². The maximum absolute atomic E-state index is 13.0. The van der Waals surface area contributed by atoms with E-state index in [9.17, 15) is 9.59 Å². The number of nitrogens with zero attached hydrogens (tertiary/aromatic N) is 3. The Hall–Kier alpha value is -3.49. The van der Waals surface area contributed by atoms with Crippen molar-refractivity contribution in [3.63, 3.8) is 0 Å². The molecular weight excluding hydrogens is 432 g/mol. The first-order valence-corrected chi connectivity index (χ1v) is 11.5. The Morgan fingerprint density at radius 1 is 1.18 bits per heavy atom. The molecule has 0 aliphatic carbocycles. The number of para-hydroxylation sites is 2. The standard InChI is InChI=1S/C26H28N4O4/c1-17-27-21-9-4-3-7-19(21)26(32)30(17)14-13-29-12-10-22(23(16-29)33-2)28-25(31)20-8-5-6-18-11-15-34-24(18)20/h3-9,11,15,22-23H,10,12-14,16H2,1-2H3,(H,28,31). The van der Waals surface area contributed by atoms with E-state index >= 15 is 0 Å². The molecule has 1 aliphatic rings. The number of benzene rings is 2. The van der Waals surface area contributed by atoms with Crippen LogP contribution in [0.3, 0.4) is 0 Å². The van der Waals surface area contributed by atoms with E-state index in [0.29, 0.717) is 42.0 Å². The zero-order valence-electron chi connectivity index (χ0n) is 19.4. The number of hydrogen-bond acceptors (Lipinski definition) is 6. The lowest BCUT2D eigenvalue weighted by Gasteiger charge is -2.38. The number of furan rings is 1. The number of carbonyl (C=O) groups excluding carboxylic acids is 1. The predicted molar refractivity (Wildman–Crippen MR) is 130 cm³/mol. The fraction of sp³-hybridized carbons (Fsp3) is 0.346. The summed E-state index contributed by atoms with van der Waals surface area (Å²) >= 11 is 0. The molecular formula is C26H28N4O4. The number of hydrogen-bond donors (Lipinski definition) is 1. The zero-order valence-corrected chi connectivity index (χ0v) is 19.4. The molecule has 5 rings (SSSR count). The molecule has 4 aromatic rings. The number of aryl methyl sites for hydroxylation is 1. The maximum Gasteiger partial charge on any atom is 0.261 e. The van der Waals surface area contributed by atoms with Gasteiger partial charge in [-0.05, 0) is 37.6 Å². The minimum absolute atomic E-state index is 0.0133. The first-order valence-electron chi connectivity index (χ1n) is 11.5. The predicted octanol–water partition coefficient (Wildman–Crippen LogP) is 2.97. The van der Waals surface area contributed by atoms with Gasteiger partial charge in [-0.1, -0.05) is 24.3 Å². The Labute approximate surface area is 197 Å². The van der Waals surface area contributed by atoms with Crippen molar-refractivity contribution >= 4 is 27.8 Å². The topological polar surface area (TPSA) is 89.6 Å². The molecule has 2 atom stereocenters. The van der Waals surface area contributed by atoms with Crippen molar-refractivity contribution in [2.75, 3.05) is 26.7 Å². The Morgan fingerprint density at radius 3 is 2.88 bits per heavy atom. The monoisotopic (exact) mass is 460 g/mol. The van der Waals surface area contributed by atoms with Crippen LogP contribution in [0.2, 0.25) is 0 Å². The quantitative estimate of drug-likeness (QED) is 0.476. The van der Waals surface area contributed by atoms with Crippen LogP contribution in [0.25, 0.3) is 21.9 Å². The number of ether oxygens (including phenoxy) is 1. The number of nitrogens with one attached hydrogen (secondary N) is 1. The van der Waals surface area contributed by atoms with Crippen LogP contribution in [0.15, 0.2) is 64.0 Å². The highest BCUT2D eigenvalue weighted by Gasteiger charge is 2.31. The summed E-state index contributed by atoms with van der Waals surface area (Å²) in [6, 6.07) is 14.7. The summed E-state index contributed by atoms with van der Waals surface area (Å²) in [6.07, 6.45) is 2.19. The Morgan fingerprint density at radius 2 is 2.03 bits per heavy atom. The first-order chi connectivity index (χ1) is 16.5. The SMILES string of the molecule is COC1CN(CCn2c(C)nc3ccccc3c2=O)CCC1NC(=O)c1cccc2ccoc12. The summed E-state index contributed by atoms with van der Waals surface area (Å²) in [5, 5.41) is 4.67. The third-order valence-corrected chi connectivity index (χ3v) is 6.68. The highest BCUT2D eigenvalue weighted by Crippen LogP contribution is 2.21. The molecule has 1 aliphatic heterocycles. The second-order valence-electron chi connectivity index (χ2n) is 8.72. The van der Waals surface area contributed by atoms with Gasteiger partial charge in [0.15, 0.2) is 0 Å². The highest BCUT2D eigenvalue weighted by atomic mass is 16.5. The van der Waals surface area contributed by atoms with E-state index < -0.39 is 0 Å². The van der Waals surface area contributed by atoms with E-state index in [1.165, 1.54) is 0 Å². The normalized spacial score (nSPS) is 19.0. The smallest absolute Gasteiger partial charge is 0.261 e. The van der Waals surface area contributed by atoms with Gasteiger partial charge in [-0.25, -0.2) is 4.98 Å². The second-order valence-corrected chi connectivity index (χ2v) is 8.72. The molecule has 2 aromatic carbocycles. The maximum atomic E-state index is 13.0. The molecule has 1 fully saturated rings. The highest BCUT2D eigenvalue weighted by molar-refractivity contribution is 6.05.